The molecular formula is C12H8Cl3N3S. The molecule has 0 atom stereocenters. The Kier molecular flexibility index (Phi) is 3.58. The highest BCUT2D eigenvalue weighted by molar-refractivity contribution is 7.15. The zero-order valence-electron chi connectivity index (χ0n) is 9.53. The van der Waals surface area contributed by atoms with E-state index >= 15 is 0 Å². The van der Waals surface area contributed by atoms with Crippen LogP contribution in [-0.4, -0.2) is 9.38 Å². The molecule has 3 rings (SSSR count). The van der Waals surface area contributed by atoms with E-state index < -0.39 is 0 Å². The summed E-state index contributed by atoms with van der Waals surface area (Å²) in [6.45, 7) is 0.575. The molecule has 0 saturated carbocycles. The molecule has 2 heterocycles. The number of nitrogens with one attached hydrogen (secondary N) is 1. The summed E-state index contributed by atoms with van der Waals surface area (Å²) in [6.07, 6.45) is 3.95. The fraction of sp³-hybridized carbons (Fsp3) is 0.0833. The maximum atomic E-state index is 6.10. The lowest BCUT2D eigenvalue weighted by Crippen LogP contribution is -2.00. The van der Waals surface area contributed by atoms with Gasteiger partial charge in [0.05, 0.1) is 33.0 Å². The van der Waals surface area contributed by atoms with Gasteiger partial charge in [-0.3, -0.25) is 4.40 Å². The molecule has 2 aromatic heterocycles. The van der Waals surface area contributed by atoms with Crippen LogP contribution >= 0.6 is 46.1 Å². The summed E-state index contributed by atoms with van der Waals surface area (Å²) in [4.78, 5) is 5.44. The minimum atomic E-state index is 0.444. The lowest BCUT2D eigenvalue weighted by Gasteiger charge is -2.08. The van der Waals surface area contributed by atoms with Crippen LogP contribution in [0.25, 0.3) is 4.96 Å². The van der Waals surface area contributed by atoms with Gasteiger partial charge in [-0.2, -0.15) is 0 Å². The molecule has 0 unspecified atom stereocenters. The van der Waals surface area contributed by atoms with E-state index in [1.165, 1.54) is 0 Å². The van der Waals surface area contributed by atoms with Crippen LogP contribution in [0.5, 0.6) is 0 Å². The van der Waals surface area contributed by atoms with Crippen molar-refractivity contribution in [3.05, 3.63) is 50.7 Å². The van der Waals surface area contributed by atoms with Crippen LogP contribution in [0.1, 0.15) is 5.69 Å². The quantitative estimate of drug-likeness (QED) is 0.686. The summed E-state index contributed by atoms with van der Waals surface area (Å²) >= 11 is 19.5. The predicted octanol–water partition coefficient (Wildman–Crippen LogP) is 4.97. The average Bonchev–Trinajstić information content (AvgIpc) is 2.92. The lowest BCUT2D eigenvalue weighted by molar-refractivity contribution is 1.08. The maximum absolute atomic E-state index is 6.10. The first-order valence-electron chi connectivity index (χ1n) is 5.43. The highest BCUT2D eigenvalue weighted by atomic mass is 35.5. The zero-order valence-corrected chi connectivity index (χ0v) is 12.6. The van der Waals surface area contributed by atoms with Crippen molar-refractivity contribution in [3.63, 3.8) is 0 Å². The SMILES string of the molecule is Clc1cc(Cl)c(NCc2cn3ccsc3n2)cc1Cl. The monoisotopic (exact) mass is 331 g/mol. The Labute approximate surface area is 128 Å². The van der Waals surface area contributed by atoms with Crippen molar-refractivity contribution >= 4 is 56.8 Å². The molecule has 0 saturated heterocycles. The van der Waals surface area contributed by atoms with Gasteiger partial charge in [-0.05, 0) is 12.1 Å². The molecule has 0 bridgehead atoms. The first-order chi connectivity index (χ1) is 9.13. The summed E-state index contributed by atoms with van der Waals surface area (Å²) in [5.74, 6) is 0. The number of halogens is 3. The number of benzene rings is 1. The molecular weight excluding hydrogens is 325 g/mol. The Bertz CT molecular complexity index is 706. The number of imidazole rings is 1. The third-order valence-corrected chi connectivity index (χ3v) is 4.42. The molecule has 0 aliphatic heterocycles. The Morgan fingerprint density at radius 1 is 1.16 bits per heavy atom. The van der Waals surface area contributed by atoms with E-state index in [9.17, 15) is 0 Å². The van der Waals surface area contributed by atoms with E-state index in [0.717, 1.165) is 16.3 Å². The second-order valence-electron chi connectivity index (χ2n) is 3.92. The topological polar surface area (TPSA) is 29.3 Å². The summed E-state index contributed by atoms with van der Waals surface area (Å²) in [7, 11) is 0. The number of aromatic nitrogens is 2. The van der Waals surface area contributed by atoms with Crippen molar-refractivity contribution in [2.24, 2.45) is 0 Å². The lowest BCUT2D eigenvalue weighted by atomic mass is 10.3. The maximum Gasteiger partial charge on any atom is 0.193 e. The first-order valence-corrected chi connectivity index (χ1v) is 7.44. The van der Waals surface area contributed by atoms with Gasteiger partial charge in [0.2, 0.25) is 0 Å². The van der Waals surface area contributed by atoms with E-state index in [2.05, 4.69) is 10.3 Å². The van der Waals surface area contributed by atoms with E-state index in [1.54, 1.807) is 23.5 Å². The van der Waals surface area contributed by atoms with Gasteiger partial charge in [-0.25, -0.2) is 4.98 Å². The van der Waals surface area contributed by atoms with Crippen molar-refractivity contribution in [3.8, 4) is 0 Å². The number of thiazole rings is 1. The van der Waals surface area contributed by atoms with Crippen LogP contribution in [0.3, 0.4) is 0 Å². The Hall–Kier alpha value is -0.940. The van der Waals surface area contributed by atoms with Gasteiger partial charge >= 0.3 is 0 Å². The normalized spacial score (nSPS) is 11.1. The molecule has 3 nitrogen and oxygen atoms in total. The molecule has 0 aliphatic carbocycles. The second kappa shape index (κ2) is 5.21. The smallest absolute Gasteiger partial charge is 0.193 e. The van der Waals surface area contributed by atoms with Gasteiger partial charge < -0.3 is 5.32 Å². The van der Waals surface area contributed by atoms with Gasteiger partial charge in [0.1, 0.15) is 0 Å². The molecule has 0 radical (unpaired) electrons. The van der Waals surface area contributed by atoms with E-state index in [1.807, 2.05) is 22.2 Å². The van der Waals surface area contributed by atoms with Crippen molar-refractivity contribution in [1.82, 2.24) is 9.38 Å². The number of fused-ring (bicyclic) bond motifs is 1. The Morgan fingerprint density at radius 2 is 1.95 bits per heavy atom. The first kappa shape index (κ1) is 13.1. The van der Waals surface area contributed by atoms with Crippen molar-refractivity contribution in [2.75, 3.05) is 5.32 Å². The number of nitrogens with zero attached hydrogens (tertiary/aromatic N) is 2. The standard InChI is InChI=1S/C12H8Cl3N3S/c13-8-3-10(15)11(4-9(8)14)16-5-7-6-18-1-2-19-12(18)17-7/h1-4,6,16H,5H2. The van der Waals surface area contributed by atoms with E-state index in [0.29, 0.717) is 21.6 Å². The molecule has 3 aromatic rings. The third-order valence-electron chi connectivity index (χ3n) is 2.61. The molecule has 0 fully saturated rings. The minimum absolute atomic E-state index is 0.444. The number of hydrogen-bond donors (Lipinski definition) is 1. The fourth-order valence-corrected chi connectivity index (χ4v) is 3.04. The molecule has 0 aliphatic rings. The van der Waals surface area contributed by atoms with Crippen molar-refractivity contribution in [2.45, 2.75) is 6.54 Å². The van der Waals surface area contributed by atoms with Crippen LogP contribution in [0, 0.1) is 0 Å². The van der Waals surface area contributed by atoms with Crippen LogP contribution in [0.15, 0.2) is 29.9 Å². The van der Waals surface area contributed by atoms with Crippen molar-refractivity contribution < 1.29 is 0 Å². The van der Waals surface area contributed by atoms with Gasteiger partial charge in [-0.15, -0.1) is 11.3 Å². The highest BCUT2D eigenvalue weighted by Crippen LogP contribution is 2.32. The van der Waals surface area contributed by atoms with Gasteiger partial charge in [0.25, 0.3) is 0 Å². The van der Waals surface area contributed by atoms with Crippen molar-refractivity contribution in [1.29, 1.82) is 0 Å². The molecule has 0 spiro atoms. The summed E-state index contributed by atoms with van der Waals surface area (Å²) < 4.78 is 1.98. The number of rotatable bonds is 3. The van der Waals surface area contributed by atoms with E-state index in [4.69, 9.17) is 34.8 Å². The zero-order chi connectivity index (χ0) is 13.4. The van der Waals surface area contributed by atoms with Crippen LogP contribution in [-0.2, 0) is 6.54 Å². The van der Waals surface area contributed by atoms with Crippen LogP contribution in [0.4, 0.5) is 5.69 Å². The molecule has 19 heavy (non-hydrogen) atoms. The second-order valence-corrected chi connectivity index (χ2v) is 6.02. The highest BCUT2D eigenvalue weighted by Gasteiger charge is 2.07. The Balaban J connectivity index is 1.79. The molecule has 98 valence electrons. The van der Waals surface area contributed by atoms with Gasteiger partial charge in [0, 0.05) is 17.8 Å². The largest absolute Gasteiger partial charge is 0.378 e. The summed E-state index contributed by atoms with van der Waals surface area (Å²) in [5, 5.41) is 6.65. The van der Waals surface area contributed by atoms with Gasteiger partial charge in [-0.1, -0.05) is 34.8 Å². The Morgan fingerprint density at radius 3 is 2.74 bits per heavy atom. The summed E-state index contributed by atoms with van der Waals surface area (Å²) in [5.41, 5.74) is 1.68. The predicted molar refractivity (Wildman–Crippen MR) is 81.9 cm³/mol. The van der Waals surface area contributed by atoms with Gasteiger partial charge in [0.15, 0.2) is 4.96 Å². The van der Waals surface area contributed by atoms with Crippen LogP contribution in [0.2, 0.25) is 15.1 Å². The number of anilines is 1. The molecule has 7 heteroatoms. The average molecular weight is 333 g/mol. The minimum Gasteiger partial charge on any atom is -0.378 e. The number of hydrogen-bond acceptors (Lipinski definition) is 3. The van der Waals surface area contributed by atoms with E-state index in [-0.39, 0.29) is 0 Å². The summed E-state index contributed by atoms with van der Waals surface area (Å²) in [6, 6.07) is 3.34. The molecule has 0 amide bonds. The third kappa shape index (κ3) is 2.67. The molecule has 1 aromatic carbocycles. The fourth-order valence-electron chi connectivity index (χ4n) is 1.71. The van der Waals surface area contributed by atoms with Crippen LogP contribution < -0.4 is 5.32 Å². The molecule has 1 N–H and O–H groups in total.